The number of benzene rings is 1. The largest absolute Gasteiger partial charge is 0.396 e. The lowest BCUT2D eigenvalue weighted by Crippen LogP contribution is -2.20. The predicted octanol–water partition coefficient (Wildman–Crippen LogP) is 3.60. The zero-order valence-corrected chi connectivity index (χ0v) is 14.9. The van der Waals surface area contributed by atoms with E-state index in [1.165, 1.54) is 12.3 Å². The first-order valence-electron chi connectivity index (χ1n) is 6.60. The summed E-state index contributed by atoms with van der Waals surface area (Å²) in [5.41, 5.74) is 8.36. The molecule has 0 spiro atoms. The maximum absolute atomic E-state index is 12.1. The third kappa shape index (κ3) is 4.16. The Hall–Kier alpha value is -2.42. The van der Waals surface area contributed by atoms with Crippen LogP contribution in [0.4, 0.5) is 11.4 Å². The van der Waals surface area contributed by atoms with E-state index in [1.54, 1.807) is 19.1 Å². The summed E-state index contributed by atoms with van der Waals surface area (Å²) in [6, 6.07) is 4.51. The van der Waals surface area contributed by atoms with Gasteiger partial charge >= 0.3 is 0 Å². The number of pyridine rings is 1. The smallest absolute Gasteiger partial charge is 0.291 e. The predicted molar refractivity (Wildman–Crippen MR) is 96.6 cm³/mol. The van der Waals surface area contributed by atoms with Crippen LogP contribution >= 0.6 is 34.8 Å². The highest BCUT2D eigenvalue weighted by Gasteiger charge is 2.19. The molecule has 1 aromatic heterocycles. The molecule has 130 valence electrons. The third-order valence-corrected chi connectivity index (χ3v) is 4.23. The van der Waals surface area contributed by atoms with Gasteiger partial charge in [-0.2, -0.15) is 5.10 Å². The lowest BCUT2D eigenvalue weighted by Gasteiger charge is -2.07. The quantitative estimate of drug-likeness (QED) is 0.350. The molecule has 0 aliphatic carbocycles. The SMILES string of the molecule is Cc1ccc(/C=N/NC(=O)c2nc(Cl)c(Cl)c(N)c2Cl)cc1[N+](=O)[O-]. The monoisotopic (exact) mass is 401 g/mol. The van der Waals surface area contributed by atoms with Crippen LogP contribution in [0.25, 0.3) is 0 Å². The van der Waals surface area contributed by atoms with Gasteiger partial charge in [0.1, 0.15) is 5.02 Å². The van der Waals surface area contributed by atoms with Gasteiger partial charge in [0.15, 0.2) is 10.8 Å². The molecule has 0 atom stereocenters. The van der Waals surface area contributed by atoms with Gasteiger partial charge in [-0.05, 0) is 6.92 Å². The highest BCUT2D eigenvalue weighted by atomic mass is 35.5. The molecule has 0 aliphatic heterocycles. The molecule has 1 heterocycles. The van der Waals surface area contributed by atoms with Gasteiger partial charge in [-0.25, -0.2) is 10.4 Å². The van der Waals surface area contributed by atoms with Crippen LogP contribution in [-0.2, 0) is 0 Å². The summed E-state index contributed by atoms with van der Waals surface area (Å²) >= 11 is 17.5. The second kappa shape index (κ2) is 7.64. The number of nitro groups is 1. The number of carbonyl (C=O) groups excluding carboxylic acids is 1. The number of hydrazone groups is 1. The Bertz CT molecular complexity index is 902. The van der Waals surface area contributed by atoms with Crippen molar-refractivity contribution in [3.05, 3.63) is 60.3 Å². The maximum Gasteiger partial charge on any atom is 0.291 e. The number of nitrogens with one attached hydrogen (secondary N) is 1. The van der Waals surface area contributed by atoms with E-state index < -0.39 is 10.8 Å². The zero-order chi connectivity index (χ0) is 18.7. The average molecular weight is 403 g/mol. The van der Waals surface area contributed by atoms with Crippen LogP contribution in [0, 0.1) is 17.0 Å². The van der Waals surface area contributed by atoms with Gasteiger partial charge in [-0.15, -0.1) is 0 Å². The molecule has 2 rings (SSSR count). The van der Waals surface area contributed by atoms with Gasteiger partial charge in [0, 0.05) is 17.2 Å². The van der Waals surface area contributed by atoms with Crippen LogP contribution in [-0.4, -0.2) is 22.0 Å². The second-order valence-corrected chi connectivity index (χ2v) is 5.91. The number of rotatable bonds is 4. The second-order valence-electron chi connectivity index (χ2n) is 4.80. The minimum atomic E-state index is -0.770. The molecule has 2 aromatic rings. The van der Waals surface area contributed by atoms with Gasteiger partial charge < -0.3 is 5.73 Å². The molecular formula is C14H10Cl3N5O3. The number of nitrogen functional groups attached to an aromatic ring is 1. The number of amides is 1. The molecular weight excluding hydrogens is 393 g/mol. The first kappa shape index (κ1) is 18.9. The molecule has 0 unspecified atom stereocenters. The van der Waals surface area contributed by atoms with Crippen LogP contribution in [0.1, 0.15) is 21.6 Å². The summed E-state index contributed by atoms with van der Waals surface area (Å²) in [6.07, 6.45) is 1.24. The van der Waals surface area contributed by atoms with Crippen molar-refractivity contribution in [3.63, 3.8) is 0 Å². The molecule has 0 saturated carbocycles. The summed E-state index contributed by atoms with van der Waals surface area (Å²) in [6.45, 7) is 1.61. The van der Waals surface area contributed by atoms with Gasteiger partial charge in [-0.1, -0.05) is 46.9 Å². The van der Waals surface area contributed by atoms with E-state index in [0.29, 0.717) is 11.1 Å². The van der Waals surface area contributed by atoms with E-state index >= 15 is 0 Å². The highest BCUT2D eigenvalue weighted by Crippen LogP contribution is 2.34. The number of carbonyl (C=O) groups is 1. The number of hydrogen-bond acceptors (Lipinski definition) is 6. The van der Waals surface area contributed by atoms with Gasteiger partial charge in [0.05, 0.1) is 21.8 Å². The van der Waals surface area contributed by atoms with Crippen LogP contribution in [0.2, 0.25) is 15.2 Å². The molecule has 0 aliphatic rings. The van der Waals surface area contributed by atoms with Crippen molar-refractivity contribution >= 4 is 58.3 Å². The van der Waals surface area contributed by atoms with Crippen molar-refractivity contribution in [2.24, 2.45) is 5.10 Å². The number of nitro benzene ring substituents is 1. The minimum Gasteiger partial charge on any atom is -0.396 e. The molecule has 3 N–H and O–H groups in total. The molecule has 1 amide bonds. The lowest BCUT2D eigenvalue weighted by atomic mass is 10.1. The molecule has 0 fully saturated rings. The fourth-order valence-electron chi connectivity index (χ4n) is 1.80. The standard InChI is InChI=1S/C14H10Cl3N5O3/c1-6-2-3-7(4-8(6)22(24)25)5-19-21-14(23)12-9(15)11(18)10(16)13(17)20-12/h2-5H,1H3,(H2,18,20)(H,21,23)/b19-5+. The first-order valence-corrected chi connectivity index (χ1v) is 7.74. The van der Waals surface area contributed by atoms with Crippen molar-refractivity contribution in [2.45, 2.75) is 6.92 Å². The van der Waals surface area contributed by atoms with E-state index in [4.69, 9.17) is 40.5 Å². The van der Waals surface area contributed by atoms with Crippen molar-refractivity contribution in [2.75, 3.05) is 5.73 Å². The Morgan fingerprint density at radius 2 is 2.04 bits per heavy atom. The fourth-order valence-corrected chi connectivity index (χ4v) is 2.40. The molecule has 1 aromatic carbocycles. The Labute approximate surface area is 156 Å². The summed E-state index contributed by atoms with van der Waals surface area (Å²) in [5.74, 6) is -0.770. The van der Waals surface area contributed by atoms with Crippen molar-refractivity contribution in [1.82, 2.24) is 10.4 Å². The van der Waals surface area contributed by atoms with Crippen molar-refractivity contribution in [1.29, 1.82) is 0 Å². The van der Waals surface area contributed by atoms with Crippen LogP contribution in [0.5, 0.6) is 0 Å². The average Bonchev–Trinajstić information content (AvgIpc) is 2.57. The van der Waals surface area contributed by atoms with Gasteiger partial charge in [0.25, 0.3) is 11.6 Å². The normalized spacial score (nSPS) is 10.9. The minimum absolute atomic E-state index is 0.0568. The number of aryl methyl sites for hydroxylation is 1. The van der Waals surface area contributed by atoms with Crippen molar-refractivity contribution in [3.8, 4) is 0 Å². The number of aromatic nitrogens is 1. The van der Waals surface area contributed by atoms with Crippen molar-refractivity contribution < 1.29 is 9.72 Å². The van der Waals surface area contributed by atoms with Crippen LogP contribution < -0.4 is 11.2 Å². The summed E-state index contributed by atoms with van der Waals surface area (Å²) in [5, 5.41) is 14.2. The number of nitrogens with zero attached hydrogens (tertiary/aromatic N) is 3. The molecule has 0 saturated heterocycles. The molecule has 8 nitrogen and oxygen atoms in total. The fraction of sp³-hybridized carbons (Fsp3) is 0.0714. The first-order chi connectivity index (χ1) is 11.7. The number of hydrogen-bond donors (Lipinski definition) is 2. The summed E-state index contributed by atoms with van der Waals surface area (Å²) in [7, 11) is 0. The van der Waals surface area contributed by atoms with Crippen LogP contribution in [0.3, 0.4) is 0 Å². The van der Waals surface area contributed by atoms with Crippen LogP contribution in [0.15, 0.2) is 23.3 Å². The van der Waals surface area contributed by atoms with Gasteiger partial charge in [0.2, 0.25) is 0 Å². The Morgan fingerprint density at radius 1 is 1.36 bits per heavy atom. The Morgan fingerprint density at radius 3 is 2.68 bits per heavy atom. The summed E-state index contributed by atoms with van der Waals surface area (Å²) in [4.78, 5) is 26.2. The highest BCUT2D eigenvalue weighted by molar-refractivity contribution is 6.46. The van der Waals surface area contributed by atoms with E-state index in [1.807, 2.05) is 0 Å². The van der Waals surface area contributed by atoms with Gasteiger partial charge in [-0.3, -0.25) is 14.9 Å². The topological polar surface area (TPSA) is 124 Å². The Balaban J connectivity index is 2.19. The molecule has 25 heavy (non-hydrogen) atoms. The molecule has 11 heteroatoms. The molecule has 0 bridgehead atoms. The van der Waals surface area contributed by atoms with E-state index in [0.717, 1.165) is 0 Å². The number of halogens is 3. The zero-order valence-electron chi connectivity index (χ0n) is 12.6. The Kier molecular flexibility index (Phi) is 5.78. The maximum atomic E-state index is 12.1. The third-order valence-electron chi connectivity index (χ3n) is 3.10. The number of nitrogens with two attached hydrogens (primary N) is 1. The van der Waals surface area contributed by atoms with E-state index in [-0.39, 0.29) is 32.3 Å². The lowest BCUT2D eigenvalue weighted by molar-refractivity contribution is -0.385. The van der Waals surface area contributed by atoms with E-state index in [2.05, 4.69) is 15.5 Å². The summed E-state index contributed by atoms with van der Waals surface area (Å²) < 4.78 is 0. The molecule has 0 radical (unpaired) electrons. The van der Waals surface area contributed by atoms with E-state index in [9.17, 15) is 14.9 Å². The number of anilines is 1.